The van der Waals surface area contributed by atoms with Crippen molar-refractivity contribution in [2.75, 3.05) is 20.1 Å². The number of aryl methyl sites for hydroxylation is 1. The van der Waals surface area contributed by atoms with Crippen molar-refractivity contribution in [3.8, 4) is 0 Å². The van der Waals surface area contributed by atoms with Gasteiger partial charge in [0.15, 0.2) is 0 Å². The molecule has 0 aromatic heterocycles. The van der Waals surface area contributed by atoms with Crippen molar-refractivity contribution in [1.82, 2.24) is 10.2 Å². The Bertz CT molecular complexity index is 429. The lowest BCUT2D eigenvalue weighted by Gasteiger charge is -2.16. The van der Waals surface area contributed by atoms with E-state index >= 15 is 0 Å². The summed E-state index contributed by atoms with van der Waals surface area (Å²) in [5.41, 5.74) is 7.51. The molecule has 0 aliphatic rings. The van der Waals surface area contributed by atoms with Crippen LogP contribution in [-0.2, 0) is 22.6 Å². The predicted octanol–water partition coefficient (Wildman–Crippen LogP) is 0.282. The van der Waals surface area contributed by atoms with E-state index in [1.165, 1.54) is 10.5 Å². The van der Waals surface area contributed by atoms with E-state index in [-0.39, 0.29) is 0 Å². The third-order valence-corrected chi connectivity index (χ3v) is 2.82. The number of nitrogens with one attached hydrogen (secondary N) is 1. The summed E-state index contributed by atoms with van der Waals surface area (Å²) in [5.74, 6) is -1.16. The topological polar surface area (TPSA) is 75.4 Å². The number of carbonyl (C=O) groups is 2. The van der Waals surface area contributed by atoms with Crippen molar-refractivity contribution in [2.24, 2.45) is 5.73 Å². The molecule has 19 heavy (non-hydrogen) atoms. The average Bonchev–Trinajstić information content (AvgIpc) is 2.44. The normalized spacial score (nSPS) is 10.1. The highest BCUT2D eigenvalue weighted by Gasteiger charge is 2.17. The van der Waals surface area contributed by atoms with E-state index in [1.807, 2.05) is 24.3 Å². The molecule has 3 N–H and O–H groups in total. The molecule has 0 saturated carbocycles. The fraction of sp³-hybridized carbons (Fsp3) is 0.429. The van der Waals surface area contributed by atoms with Gasteiger partial charge in [-0.3, -0.25) is 9.59 Å². The summed E-state index contributed by atoms with van der Waals surface area (Å²) >= 11 is 0. The minimum absolute atomic E-state index is 0.309. The molecule has 0 fully saturated rings. The maximum absolute atomic E-state index is 11.7. The molecule has 1 aromatic carbocycles. The largest absolute Gasteiger partial charge is 0.347 e. The average molecular weight is 263 g/mol. The number of hydrogen-bond donors (Lipinski definition) is 2. The van der Waals surface area contributed by atoms with Crippen LogP contribution in [0.2, 0.25) is 0 Å². The molecule has 2 amide bonds. The predicted molar refractivity (Wildman–Crippen MR) is 74.4 cm³/mol. The Morgan fingerprint density at radius 1 is 1.21 bits per heavy atom. The van der Waals surface area contributed by atoms with Crippen LogP contribution >= 0.6 is 0 Å². The molecule has 5 heteroatoms. The lowest BCUT2D eigenvalue weighted by Crippen LogP contribution is -2.42. The van der Waals surface area contributed by atoms with Crippen LogP contribution in [-0.4, -0.2) is 36.9 Å². The Morgan fingerprint density at radius 2 is 1.79 bits per heavy atom. The summed E-state index contributed by atoms with van der Waals surface area (Å²) in [4.78, 5) is 24.6. The number of benzene rings is 1. The van der Waals surface area contributed by atoms with Crippen LogP contribution in [0.5, 0.6) is 0 Å². The Kier molecular flexibility index (Phi) is 6.02. The van der Waals surface area contributed by atoms with Gasteiger partial charge in [-0.1, -0.05) is 31.2 Å². The summed E-state index contributed by atoms with van der Waals surface area (Å²) in [7, 11) is 1.61. The van der Waals surface area contributed by atoms with Gasteiger partial charge in [0.2, 0.25) is 0 Å². The highest BCUT2D eigenvalue weighted by molar-refractivity contribution is 6.34. The van der Waals surface area contributed by atoms with Crippen molar-refractivity contribution in [1.29, 1.82) is 0 Å². The van der Waals surface area contributed by atoms with E-state index in [1.54, 1.807) is 7.05 Å². The zero-order valence-corrected chi connectivity index (χ0v) is 11.5. The van der Waals surface area contributed by atoms with Crippen LogP contribution in [0.15, 0.2) is 24.3 Å². The van der Waals surface area contributed by atoms with Gasteiger partial charge in [-0.2, -0.15) is 0 Å². The molecule has 1 aromatic rings. The van der Waals surface area contributed by atoms with Crippen LogP contribution in [0.25, 0.3) is 0 Å². The van der Waals surface area contributed by atoms with Gasteiger partial charge in [-0.25, -0.2) is 0 Å². The maximum atomic E-state index is 11.7. The van der Waals surface area contributed by atoms with Crippen LogP contribution < -0.4 is 11.1 Å². The highest BCUT2D eigenvalue weighted by atomic mass is 16.2. The zero-order chi connectivity index (χ0) is 14.3. The summed E-state index contributed by atoms with van der Waals surface area (Å²) in [6, 6.07) is 8.01. The zero-order valence-electron chi connectivity index (χ0n) is 11.5. The molecular formula is C14H21N3O2. The van der Waals surface area contributed by atoms with Crippen LogP contribution in [0.1, 0.15) is 18.1 Å². The number of rotatable bonds is 5. The molecule has 0 radical (unpaired) electrons. The first-order chi connectivity index (χ1) is 9.08. The van der Waals surface area contributed by atoms with E-state index in [0.29, 0.717) is 19.6 Å². The Labute approximate surface area is 113 Å². The summed E-state index contributed by atoms with van der Waals surface area (Å²) < 4.78 is 0. The maximum Gasteiger partial charge on any atom is 0.311 e. The second-order valence-electron chi connectivity index (χ2n) is 4.38. The van der Waals surface area contributed by atoms with Gasteiger partial charge in [0.1, 0.15) is 0 Å². The van der Waals surface area contributed by atoms with Crippen molar-refractivity contribution >= 4 is 11.8 Å². The van der Waals surface area contributed by atoms with Crippen LogP contribution in [0.4, 0.5) is 0 Å². The van der Waals surface area contributed by atoms with Crippen LogP contribution in [0, 0.1) is 0 Å². The standard InChI is InChI=1S/C14H21N3O2/c1-3-11-4-6-12(7-5-11)10-17(2)14(19)13(18)16-9-8-15/h4-7H,3,8-10,15H2,1-2H3,(H,16,18). The van der Waals surface area contributed by atoms with Gasteiger partial charge in [0.05, 0.1) is 0 Å². The smallest absolute Gasteiger partial charge is 0.311 e. The van der Waals surface area contributed by atoms with Crippen molar-refractivity contribution in [2.45, 2.75) is 19.9 Å². The van der Waals surface area contributed by atoms with Gasteiger partial charge in [-0.05, 0) is 17.5 Å². The second-order valence-corrected chi connectivity index (χ2v) is 4.38. The molecule has 1 rings (SSSR count). The molecule has 0 aliphatic carbocycles. The molecule has 0 saturated heterocycles. The summed E-state index contributed by atoms with van der Waals surface area (Å²) in [5, 5.41) is 2.46. The van der Waals surface area contributed by atoms with E-state index in [9.17, 15) is 9.59 Å². The van der Waals surface area contributed by atoms with Gasteiger partial charge in [-0.15, -0.1) is 0 Å². The van der Waals surface area contributed by atoms with E-state index in [4.69, 9.17) is 5.73 Å². The van der Waals surface area contributed by atoms with Gasteiger partial charge in [0, 0.05) is 26.7 Å². The SMILES string of the molecule is CCc1ccc(CN(C)C(=O)C(=O)NCCN)cc1. The van der Waals surface area contributed by atoms with E-state index in [0.717, 1.165) is 12.0 Å². The van der Waals surface area contributed by atoms with Crippen molar-refractivity contribution in [3.63, 3.8) is 0 Å². The fourth-order valence-electron chi connectivity index (χ4n) is 1.66. The monoisotopic (exact) mass is 263 g/mol. The van der Waals surface area contributed by atoms with Crippen LogP contribution in [0.3, 0.4) is 0 Å². The Morgan fingerprint density at radius 3 is 2.32 bits per heavy atom. The lowest BCUT2D eigenvalue weighted by atomic mass is 10.1. The quantitative estimate of drug-likeness (QED) is 0.749. The number of hydrogen-bond acceptors (Lipinski definition) is 3. The third kappa shape index (κ3) is 4.71. The van der Waals surface area contributed by atoms with Gasteiger partial charge in [0.25, 0.3) is 0 Å². The van der Waals surface area contributed by atoms with Crippen molar-refractivity contribution in [3.05, 3.63) is 35.4 Å². The molecule has 5 nitrogen and oxygen atoms in total. The minimum Gasteiger partial charge on any atom is -0.347 e. The molecule has 0 aliphatic heterocycles. The van der Waals surface area contributed by atoms with Gasteiger partial charge < -0.3 is 16.0 Å². The molecular weight excluding hydrogens is 242 g/mol. The summed E-state index contributed by atoms with van der Waals surface area (Å²) in [6.45, 7) is 3.14. The number of likely N-dealkylation sites (N-methyl/N-ethyl adjacent to an activating group) is 1. The number of nitrogens with two attached hydrogens (primary N) is 1. The first kappa shape index (κ1) is 15.2. The van der Waals surface area contributed by atoms with E-state index in [2.05, 4.69) is 12.2 Å². The third-order valence-electron chi connectivity index (χ3n) is 2.82. The highest BCUT2D eigenvalue weighted by Crippen LogP contribution is 2.07. The Balaban J connectivity index is 2.55. The fourth-order valence-corrected chi connectivity index (χ4v) is 1.66. The molecule has 0 bridgehead atoms. The van der Waals surface area contributed by atoms with E-state index < -0.39 is 11.8 Å². The van der Waals surface area contributed by atoms with Gasteiger partial charge >= 0.3 is 11.8 Å². The molecule has 0 heterocycles. The number of amides is 2. The first-order valence-corrected chi connectivity index (χ1v) is 6.39. The summed E-state index contributed by atoms with van der Waals surface area (Å²) in [6.07, 6.45) is 0.983. The number of nitrogens with zero attached hydrogens (tertiary/aromatic N) is 1. The molecule has 0 unspecified atom stereocenters. The Hall–Kier alpha value is -1.88. The second kappa shape index (κ2) is 7.53. The van der Waals surface area contributed by atoms with Crippen molar-refractivity contribution < 1.29 is 9.59 Å². The molecule has 0 atom stereocenters. The molecule has 104 valence electrons. The number of carbonyl (C=O) groups excluding carboxylic acids is 2. The first-order valence-electron chi connectivity index (χ1n) is 6.39. The lowest BCUT2D eigenvalue weighted by molar-refractivity contribution is -0.145. The minimum atomic E-state index is -0.613. The molecule has 0 spiro atoms.